The van der Waals surface area contributed by atoms with Crippen LogP contribution in [0.1, 0.15) is 30.4 Å². The van der Waals surface area contributed by atoms with Crippen molar-refractivity contribution in [2.75, 3.05) is 31.2 Å². The molecule has 0 aromatic heterocycles. The number of para-hydroxylation sites is 1. The summed E-state index contributed by atoms with van der Waals surface area (Å²) in [6, 6.07) is 11.7. The molecule has 2 aromatic carbocycles. The number of carboxylic acids is 1. The van der Waals surface area contributed by atoms with Crippen LogP contribution in [0, 0.1) is 0 Å². The summed E-state index contributed by atoms with van der Waals surface area (Å²) in [6.07, 6.45) is 0.555. The van der Waals surface area contributed by atoms with Crippen LogP contribution in [0.25, 0.3) is 0 Å². The number of benzene rings is 2. The Morgan fingerprint density at radius 3 is 2.62 bits per heavy atom. The van der Waals surface area contributed by atoms with E-state index < -0.39 is 24.1 Å². The Bertz CT molecular complexity index is 1710. The van der Waals surface area contributed by atoms with Crippen LogP contribution < -0.4 is 10.9 Å². The van der Waals surface area contributed by atoms with E-state index in [2.05, 4.69) is 54.2 Å². The minimum absolute atomic E-state index is 0.00800. The number of ether oxygens (including phenoxy) is 1. The first-order chi connectivity index (χ1) is 22.6. The fourth-order valence-electron chi connectivity index (χ4n) is 5.03. The molecule has 2 aliphatic heterocycles. The Hall–Kier alpha value is -5.25. The molecule has 1 fully saturated rings. The largest absolute Gasteiger partial charge is 0.507 e. The minimum Gasteiger partial charge on any atom is -0.507 e. The number of likely N-dealkylation sites (tertiary alicyclic amines) is 1. The number of piperidine rings is 1. The summed E-state index contributed by atoms with van der Waals surface area (Å²) in [7, 11) is 0. The van der Waals surface area contributed by atoms with Gasteiger partial charge in [-0.3, -0.25) is 9.59 Å². The predicted molar refractivity (Wildman–Crippen MR) is 176 cm³/mol. The fourth-order valence-corrected chi connectivity index (χ4v) is 5.45. The summed E-state index contributed by atoms with van der Waals surface area (Å²) in [5.74, 6) is 11.3. The van der Waals surface area contributed by atoms with Crippen LogP contribution in [0.3, 0.4) is 0 Å². The Balaban J connectivity index is 1.40. The second-order valence-electron chi connectivity index (χ2n) is 10.5. The smallest absolute Gasteiger partial charge is 0.410 e. The van der Waals surface area contributed by atoms with E-state index in [1.54, 1.807) is 17.0 Å². The quantitative estimate of drug-likeness (QED) is 0.153. The van der Waals surface area contributed by atoms with Crippen LogP contribution in [0.2, 0.25) is 0 Å². The molecule has 1 saturated heterocycles. The third kappa shape index (κ3) is 9.87. The zero-order valence-corrected chi connectivity index (χ0v) is 26.8. The number of carbonyl (C=O) groups excluding carboxylic acids is 3. The van der Waals surface area contributed by atoms with E-state index in [1.165, 1.54) is 16.0 Å². The Morgan fingerprint density at radius 1 is 1.11 bits per heavy atom. The van der Waals surface area contributed by atoms with Crippen molar-refractivity contribution >= 4 is 63.2 Å². The third-order valence-corrected chi connectivity index (χ3v) is 8.07. The molecule has 0 radical (unpaired) electrons. The number of phenols is 1. The first-order valence-corrected chi connectivity index (χ1v) is 15.4. The van der Waals surface area contributed by atoms with Crippen LogP contribution in [0.5, 0.6) is 5.75 Å². The van der Waals surface area contributed by atoms with Gasteiger partial charge in [0.2, 0.25) is 0 Å². The molecule has 0 bridgehead atoms. The maximum absolute atomic E-state index is 13.2. The average Bonchev–Trinajstić information content (AvgIpc) is 3.18. The lowest BCUT2D eigenvalue weighted by Gasteiger charge is -2.38. The van der Waals surface area contributed by atoms with Gasteiger partial charge in [-0.25, -0.2) is 25.4 Å². The van der Waals surface area contributed by atoms with Crippen molar-refractivity contribution in [2.45, 2.75) is 44.2 Å². The van der Waals surface area contributed by atoms with Crippen LogP contribution in [-0.4, -0.2) is 99.9 Å². The van der Waals surface area contributed by atoms with Gasteiger partial charge in [0.1, 0.15) is 5.75 Å². The van der Waals surface area contributed by atoms with Gasteiger partial charge in [-0.2, -0.15) is 9.98 Å². The number of aromatic hydroxyl groups is 1. The van der Waals surface area contributed by atoms with E-state index >= 15 is 0 Å². The monoisotopic (exact) mass is 705 g/mol. The first kappa shape index (κ1) is 34.6. The molecule has 4 N–H and O–H groups in total. The molecule has 244 valence electrons. The molecule has 2 aromatic rings. The van der Waals surface area contributed by atoms with Crippen molar-refractivity contribution in [3.8, 4) is 5.75 Å². The number of amides is 4. The third-order valence-electron chi connectivity index (χ3n) is 7.43. The molecule has 15 heteroatoms. The SMILES string of the molecule is NN1C(=O)N(C2CCN(C(=O)O[C@H](Cc3ccc(O)c(Br)c3)C(=O)N=C=C=CN=C=C=NCCC(=O)O)CC2)CCc2ccccc21. The number of halogens is 1. The van der Waals surface area contributed by atoms with Gasteiger partial charge >= 0.3 is 18.1 Å². The summed E-state index contributed by atoms with van der Waals surface area (Å²) >= 11 is 3.24. The second kappa shape index (κ2) is 16.9. The average molecular weight is 707 g/mol. The molecule has 0 aliphatic carbocycles. The highest BCUT2D eigenvalue weighted by atomic mass is 79.9. The van der Waals surface area contributed by atoms with E-state index in [0.29, 0.717) is 54.6 Å². The van der Waals surface area contributed by atoms with Crippen LogP contribution in [0.15, 0.2) is 73.8 Å². The molecule has 0 unspecified atom stereocenters. The number of nitrogens with zero attached hydrogens (tertiary/aromatic N) is 6. The topological polar surface area (TPSA) is 191 Å². The molecular weight excluding hydrogens is 674 g/mol. The Kier molecular flexibility index (Phi) is 12.4. The van der Waals surface area contributed by atoms with Crippen LogP contribution in [0.4, 0.5) is 15.3 Å². The maximum atomic E-state index is 13.2. The Morgan fingerprint density at radius 2 is 1.87 bits per heavy atom. The van der Waals surface area contributed by atoms with E-state index in [0.717, 1.165) is 11.8 Å². The van der Waals surface area contributed by atoms with Gasteiger partial charge in [-0.05, 0) is 70.2 Å². The number of hydrogen-bond acceptors (Lipinski definition) is 9. The molecule has 0 spiro atoms. The van der Waals surface area contributed by atoms with Crippen molar-refractivity contribution in [3.05, 3.63) is 70.0 Å². The molecule has 0 saturated carbocycles. The van der Waals surface area contributed by atoms with Crippen molar-refractivity contribution in [1.29, 1.82) is 0 Å². The number of fused-ring (bicyclic) bond motifs is 1. The van der Waals surface area contributed by atoms with Gasteiger partial charge in [0, 0.05) is 38.0 Å². The summed E-state index contributed by atoms with van der Waals surface area (Å²) in [4.78, 5) is 64.1. The standard InChI is InChI=1S/C32H32BrN7O7/c33-25-20-22(6-7-27(25)41)21-28(30(44)37-13-3-12-35-15-16-36-14-8-29(42)43)47-32(46)38-17-10-24(11-18-38)39-19-9-23-4-1-2-5-26(23)40(34)31(39)45/h1-2,4-7,12,20,24,28,41H,8-11,14,17-19,21,34H2,(H,42,43)/t28-/m1/s1. The van der Waals surface area contributed by atoms with Crippen molar-refractivity contribution in [1.82, 2.24) is 9.80 Å². The highest BCUT2D eigenvalue weighted by molar-refractivity contribution is 9.10. The van der Waals surface area contributed by atoms with Gasteiger partial charge in [0.15, 0.2) is 6.10 Å². The number of carboxylic acid groups (broad SMARTS) is 1. The number of phenolic OH excluding ortho intramolecular Hbond substituents is 1. The molecule has 47 heavy (non-hydrogen) atoms. The molecule has 1 atom stereocenters. The van der Waals surface area contributed by atoms with Crippen molar-refractivity contribution < 1.29 is 34.1 Å². The van der Waals surface area contributed by atoms with Crippen LogP contribution >= 0.6 is 15.9 Å². The lowest BCUT2D eigenvalue weighted by Crippen LogP contribution is -2.54. The zero-order chi connectivity index (χ0) is 33.8. The second-order valence-corrected chi connectivity index (χ2v) is 11.4. The van der Waals surface area contributed by atoms with Crippen molar-refractivity contribution in [2.24, 2.45) is 20.8 Å². The number of aliphatic carboxylic acids is 1. The maximum Gasteiger partial charge on any atom is 0.410 e. The Labute approximate surface area is 278 Å². The molecular formula is C32H32BrN7O7. The lowest BCUT2D eigenvalue weighted by atomic mass is 10.0. The molecule has 4 rings (SSSR count). The summed E-state index contributed by atoms with van der Waals surface area (Å²) < 4.78 is 6.04. The first-order valence-electron chi connectivity index (χ1n) is 14.6. The molecule has 4 amide bonds. The van der Waals surface area contributed by atoms with Crippen LogP contribution in [-0.2, 0) is 27.2 Å². The zero-order valence-electron chi connectivity index (χ0n) is 25.2. The van der Waals surface area contributed by atoms with E-state index in [9.17, 15) is 24.3 Å². The number of hydrogen-bond donors (Lipinski definition) is 3. The highest BCUT2D eigenvalue weighted by Crippen LogP contribution is 2.28. The summed E-state index contributed by atoms with van der Waals surface area (Å²) in [5.41, 5.74) is 4.68. The molecule has 14 nitrogen and oxygen atoms in total. The number of anilines is 1. The van der Waals surface area contributed by atoms with Gasteiger partial charge in [0.05, 0.1) is 41.1 Å². The number of rotatable bonds is 9. The normalized spacial score (nSPS) is 15.0. The number of hydrazine groups is 1. The fraction of sp³-hybridized carbons (Fsp3) is 0.344. The molecule has 2 aliphatic rings. The highest BCUT2D eigenvalue weighted by Gasteiger charge is 2.35. The lowest BCUT2D eigenvalue weighted by molar-refractivity contribution is -0.136. The van der Waals surface area contributed by atoms with Gasteiger partial charge in [-0.1, -0.05) is 24.3 Å². The number of nitrogens with two attached hydrogens (primary N) is 1. The van der Waals surface area contributed by atoms with Gasteiger partial charge < -0.3 is 24.7 Å². The van der Waals surface area contributed by atoms with Gasteiger partial charge in [0.25, 0.3) is 5.91 Å². The predicted octanol–water partition coefficient (Wildman–Crippen LogP) is 3.26. The number of urea groups is 1. The summed E-state index contributed by atoms with van der Waals surface area (Å²) in [6.45, 7) is 1.13. The number of aliphatic imine (C=N–C) groups is 3. The van der Waals surface area contributed by atoms with E-state index in [1.807, 2.05) is 24.3 Å². The van der Waals surface area contributed by atoms with E-state index in [-0.39, 0.29) is 37.2 Å². The van der Waals surface area contributed by atoms with Gasteiger partial charge in [-0.15, -0.1) is 0 Å². The molecule has 2 heterocycles. The number of carbonyl (C=O) groups is 4. The summed E-state index contributed by atoms with van der Waals surface area (Å²) in [5, 5.41) is 19.6. The van der Waals surface area contributed by atoms with Crippen molar-refractivity contribution in [3.63, 3.8) is 0 Å². The van der Waals surface area contributed by atoms with E-state index in [4.69, 9.17) is 15.7 Å². The minimum atomic E-state index is -1.31.